The zero-order valence-electron chi connectivity index (χ0n) is 15.9. The van der Waals surface area contributed by atoms with Crippen molar-refractivity contribution >= 4 is 34.0 Å². The third-order valence-corrected chi connectivity index (χ3v) is 5.10. The molecule has 3 rings (SSSR count). The van der Waals surface area contributed by atoms with Gasteiger partial charge in [-0.15, -0.1) is 11.3 Å². The van der Waals surface area contributed by atoms with Crippen molar-refractivity contribution in [3.05, 3.63) is 57.9 Å². The van der Waals surface area contributed by atoms with Gasteiger partial charge in [0.2, 0.25) is 0 Å². The van der Waals surface area contributed by atoms with Crippen LogP contribution < -0.4 is 14.8 Å². The van der Waals surface area contributed by atoms with Gasteiger partial charge in [-0.3, -0.25) is 10.1 Å². The van der Waals surface area contributed by atoms with Crippen LogP contribution in [0.5, 0.6) is 11.5 Å². The number of carbonyl (C=O) groups excluding carboxylic acids is 1. The Kier molecular flexibility index (Phi) is 6.54. The monoisotopic (exact) mass is 416 g/mol. The van der Waals surface area contributed by atoms with Crippen LogP contribution in [0.4, 0.5) is 5.13 Å². The van der Waals surface area contributed by atoms with Crippen molar-refractivity contribution in [3.8, 4) is 22.8 Å². The van der Waals surface area contributed by atoms with Gasteiger partial charge in [-0.25, -0.2) is 4.98 Å². The highest BCUT2D eigenvalue weighted by Crippen LogP contribution is 2.31. The Morgan fingerprint density at radius 3 is 2.57 bits per heavy atom. The zero-order valence-corrected chi connectivity index (χ0v) is 17.5. The van der Waals surface area contributed by atoms with Gasteiger partial charge in [0.05, 0.1) is 12.3 Å². The number of benzene rings is 2. The van der Waals surface area contributed by atoms with Gasteiger partial charge < -0.3 is 9.47 Å². The van der Waals surface area contributed by atoms with E-state index in [9.17, 15) is 4.79 Å². The molecule has 0 unspecified atom stereocenters. The van der Waals surface area contributed by atoms with Gasteiger partial charge in [-0.1, -0.05) is 11.6 Å². The molecule has 0 aliphatic carbocycles. The van der Waals surface area contributed by atoms with E-state index in [-0.39, 0.29) is 12.5 Å². The molecular formula is C21H21ClN2O3S. The summed E-state index contributed by atoms with van der Waals surface area (Å²) in [5, 5.41) is 3.98. The number of ether oxygens (including phenoxy) is 2. The van der Waals surface area contributed by atoms with Crippen LogP contribution in [0.25, 0.3) is 11.3 Å². The first-order chi connectivity index (χ1) is 13.5. The summed E-state index contributed by atoms with van der Waals surface area (Å²) in [6, 6.07) is 13.0. The SMILES string of the molecule is CCOc1ccc(-c2nc(NC(=O)COc3ccc(Cl)cc3C)sc2C)cc1. The molecule has 0 radical (unpaired) electrons. The lowest BCUT2D eigenvalue weighted by molar-refractivity contribution is -0.118. The highest BCUT2D eigenvalue weighted by molar-refractivity contribution is 7.16. The number of aryl methyl sites for hydroxylation is 2. The standard InChI is InChI=1S/C21H21ClN2O3S/c1-4-26-17-8-5-15(6-9-17)20-14(3)28-21(24-20)23-19(25)12-27-18-10-7-16(22)11-13(18)2/h5-11H,4,12H2,1-3H3,(H,23,24,25). The number of hydrogen-bond acceptors (Lipinski definition) is 5. The first-order valence-electron chi connectivity index (χ1n) is 8.85. The van der Waals surface area contributed by atoms with E-state index in [1.54, 1.807) is 18.2 Å². The molecule has 2 aromatic carbocycles. The average molecular weight is 417 g/mol. The van der Waals surface area contributed by atoms with Crippen LogP contribution in [0.2, 0.25) is 5.02 Å². The van der Waals surface area contributed by atoms with Crippen molar-refractivity contribution in [1.82, 2.24) is 4.98 Å². The van der Waals surface area contributed by atoms with Crippen LogP contribution >= 0.6 is 22.9 Å². The number of anilines is 1. The van der Waals surface area contributed by atoms with E-state index in [2.05, 4.69) is 10.3 Å². The second-order valence-electron chi connectivity index (χ2n) is 6.13. The molecule has 7 heteroatoms. The van der Waals surface area contributed by atoms with Crippen LogP contribution in [0.15, 0.2) is 42.5 Å². The smallest absolute Gasteiger partial charge is 0.264 e. The van der Waals surface area contributed by atoms with Crippen molar-refractivity contribution in [1.29, 1.82) is 0 Å². The van der Waals surface area contributed by atoms with Crippen molar-refractivity contribution in [2.75, 3.05) is 18.5 Å². The Bertz CT molecular complexity index is 970. The van der Waals surface area contributed by atoms with Gasteiger partial charge in [-0.05, 0) is 68.8 Å². The number of rotatable bonds is 7. The van der Waals surface area contributed by atoms with Crippen molar-refractivity contribution in [2.24, 2.45) is 0 Å². The summed E-state index contributed by atoms with van der Waals surface area (Å²) >= 11 is 7.36. The number of amides is 1. The van der Waals surface area contributed by atoms with Crippen LogP contribution in [0.1, 0.15) is 17.4 Å². The number of nitrogens with one attached hydrogen (secondary N) is 1. The van der Waals surface area contributed by atoms with Crippen LogP contribution in [0, 0.1) is 13.8 Å². The number of aromatic nitrogens is 1. The Morgan fingerprint density at radius 1 is 1.14 bits per heavy atom. The van der Waals surface area contributed by atoms with Crippen LogP contribution in [-0.2, 0) is 4.79 Å². The largest absolute Gasteiger partial charge is 0.494 e. The quantitative estimate of drug-likeness (QED) is 0.552. The van der Waals surface area contributed by atoms with E-state index >= 15 is 0 Å². The molecule has 0 fully saturated rings. The number of hydrogen-bond donors (Lipinski definition) is 1. The minimum atomic E-state index is -0.263. The topological polar surface area (TPSA) is 60.5 Å². The maximum absolute atomic E-state index is 12.2. The fourth-order valence-corrected chi connectivity index (χ4v) is 3.75. The number of carbonyl (C=O) groups is 1. The first kappa shape index (κ1) is 20.2. The lowest BCUT2D eigenvalue weighted by atomic mass is 10.1. The molecule has 0 aliphatic rings. The minimum Gasteiger partial charge on any atom is -0.494 e. The summed E-state index contributed by atoms with van der Waals surface area (Å²) in [7, 11) is 0. The molecule has 3 aromatic rings. The number of thiazole rings is 1. The third kappa shape index (κ3) is 5.03. The lowest BCUT2D eigenvalue weighted by Gasteiger charge is -2.08. The Balaban J connectivity index is 1.63. The summed E-state index contributed by atoms with van der Waals surface area (Å²) in [6.45, 7) is 6.34. The Morgan fingerprint density at radius 2 is 1.89 bits per heavy atom. The van der Waals surface area contributed by atoms with Crippen molar-refractivity contribution in [3.63, 3.8) is 0 Å². The molecule has 0 spiro atoms. The second kappa shape index (κ2) is 9.08. The molecule has 146 valence electrons. The van der Waals surface area contributed by atoms with Gasteiger partial charge in [0.1, 0.15) is 11.5 Å². The predicted molar refractivity (Wildman–Crippen MR) is 114 cm³/mol. The summed E-state index contributed by atoms with van der Waals surface area (Å²) < 4.78 is 11.0. The fraction of sp³-hybridized carbons (Fsp3) is 0.238. The van der Waals surface area contributed by atoms with E-state index in [1.165, 1.54) is 11.3 Å². The van der Waals surface area contributed by atoms with Gasteiger partial charge in [0.25, 0.3) is 5.91 Å². The van der Waals surface area contributed by atoms with Gasteiger partial charge in [-0.2, -0.15) is 0 Å². The van der Waals surface area contributed by atoms with E-state index in [1.807, 2.05) is 45.0 Å². The third-order valence-electron chi connectivity index (χ3n) is 3.98. The molecule has 1 amide bonds. The number of halogens is 1. The van der Waals surface area contributed by atoms with E-state index in [0.717, 1.165) is 27.4 Å². The van der Waals surface area contributed by atoms with Crippen molar-refractivity contribution in [2.45, 2.75) is 20.8 Å². The maximum atomic E-state index is 12.2. The highest BCUT2D eigenvalue weighted by Gasteiger charge is 2.13. The molecule has 1 aromatic heterocycles. The average Bonchev–Trinajstić information content (AvgIpc) is 3.02. The number of nitrogens with zero attached hydrogens (tertiary/aromatic N) is 1. The molecule has 0 aliphatic heterocycles. The highest BCUT2D eigenvalue weighted by atomic mass is 35.5. The predicted octanol–water partition coefficient (Wildman–Crippen LogP) is 5.50. The fourth-order valence-electron chi connectivity index (χ4n) is 2.67. The summed E-state index contributed by atoms with van der Waals surface area (Å²) in [4.78, 5) is 17.8. The normalized spacial score (nSPS) is 10.6. The zero-order chi connectivity index (χ0) is 20.1. The van der Waals surface area contributed by atoms with Gasteiger partial charge in [0, 0.05) is 15.5 Å². The van der Waals surface area contributed by atoms with Crippen molar-refractivity contribution < 1.29 is 14.3 Å². The summed E-state index contributed by atoms with van der Waals surface area (Å²) in [5.74, 6) is 1.19. The molecular weight excluding hydrogens is 396 g/mol. The van der Waals surface area contributed by atoms with Crippen LogP contribution in [-0.4, -0.2) is 24.1 Å². The second-order valence-corrected chi connectivity index (χ2v) is 7.77. The van der Waals surface area contributed by atoms with Gasteiger partial charge >= 0.3 is 0 Å². The molecule has 1 N–H and O–H groups in total. The lowest BCUT2D eigenvalue weighted by Crippen LogP contribution is -2.20. The minimum absolute atomic E-state index is 0.0977. The molecule has 5 nitrogen and oxygen atoms in total. The molecule has 0 atom stereocenters. The van der Waals surface area contributed by atoms with E-state index in [0.29, 0.717) is 22.5 Å². The first-order valence-corrected chi connectivity index (χ1v) is 10.0. The molecule has 0 bridgehead atoms. The molecule has 0 saturated carbocycles. The Hall–Kier alpha value is -2.57. The summed E-state index contributed by atoms with van der Waals surface area (Å²) in [5.41, 5.74) is 2.70. The Labute approximate surface area is 173 Å². The molecule has 0 saturated heterocycles. The van der Waals surface area contributed by atoms with Gasteiger partial charge in [0.15, 0.2) is 11.7 Å². The van der Waals surface area contributed by atoms with E-state index in [4.69, 9.17) is 21.1 Å². The molecule has 1 heterocycles. The maximum Gasteiger partial charge on any atom is 0.264 e. The summed E-state index contributed by atoms with van der Waals surface area (Å²) in [6.07, 6.45) is 0. The van der Waals surface area contributed by atoms with Crippen LogP contribution in [0.3, 0.4) is 0 Å². The van der Waals surface area contributed by atoms with E-state index < -0.39 is 0 Å². The molecule has 28 heavy (non-hydrogen) atoms.